The molecule has 0 saturated carbocycles. The van der Waals surface area contributed by atoms with Crippen LogP contribution in [0.2, 0.25) is 0 Å². The van der Waals surface area contributed by atoms with Gasteiger partial charge in [0.1, 0.15) is 0 Å². The first kappa shape index (κ1) is 24.1. The molecule has 3 N–H and O–H groups in total. The van der Waals surface area contributed by atoms with Crippen LogP contribution in [0.5, 0.6) is 0 Å². The van der Waals surface area contributed by atoms with Crippen molar-refractivity contribution >= 4 is 40.0 Å². The average Bonchev–Trinajstić information content (AvgIpc) is 2.54. The molecule has 0 aliphatic heterocycles. The molecular formula is C17H31IN4O2S. The Hall–Kier alpha value is -0.870. The standard InChI is InChI=1S/C17H30N4O2S.HI/c1-14(2)7-6-10-20-17(18-3)21-12-15-8-5-9-16(11-15)13-24(22,23)19-4;/h5,8-9,11,14,19H,6-7,10,12-13H2,1-4H3,(H2,18,20,21);1H. The molecule has 0 bridgehead atoms. The normalized spacial score (nSPS) is 12.0. The van der Waals surface area contributed by atoms with Crippen LogP contribution >= 0.6 is 24.0 Å². The summed E-state index contributed by atoms with van der Waals surface area (Å²) in [5, 5.41) is 6.54. The van der Waals surface area contributed by atoms with Crippen LogP contribution in [0.15, 0.2) is 29.3 Å². The highest BCUT2D eigenvalue weighted by atomic mass is 127. The van der Waals surface area contributed by atoms with Gasteiger partial charge in [0, 0.05) is 20.1 Å². The van der Waals surface area contributed by atoms with Gasteiger partial charge in [0.05, 0.1) is 5.75 Å². The number of guanidine groups is 1. The fourth-order valence-corrected chi connectivity index (χ4v) is 3.01. The maximum atomic E-state index is 11.6. The van der Waals surface area contributed by atoms with Crippen LogP contribution in [0.3, 0.4) is 0 Å². The zero-order valence-corrected chi connectivity index (χ0v) is 18.6. The van der Waals surface area contributed by atoms with Gasteiger partial charge in [-0.2, -0.15) is 0 Å². The van der Waals surface area contributed by atoms with Crippen molar-refractivity contribution in [1.29, 1.82) is 0 Å². The third kappa shape index (κ3) is 10.7. The average molecular weight is 482 g/mol. The SMILES string of the molecule is CN=C(NCCCC(C)C)NCc1cccc(CS(=O)(=O)NC)c1.I. The van der Waals surface area contributed by atoms with Crippen molar-refractivity contribution < 1.29 is 8.42 Å². The number of rotatable bonds is 9. The molecular weight excluding hydrogens is 451 g/mol. The van der Waals surface area contributed by atoms with Crippen molar-refractivity contribution in [1.82, 2.24) is 15.4 Å². The number of nitrogens with zero attached hydrogens (tertiary/aromatic N) is 1. The van der Waals surface area contributed by atoms with Crippen LogP contribution < -0.4 is 15.4 Å². The number of hydrogen-bond acceptors (Lipinski definition) is 3. The highest BCUT2D eigenvalue weighted by Gasteiger charge is 2.09. The Bertz CT molecular complexity index is 633. The Morgan fingerprint density at radius 3 is 2.48 bits per heavy atom. The third-order valence-electron chi connectivity index (χ3n) is 3.59. The van der Waals surface area contributed by atoms with Gasteiger partial charge in [0.15, 0.2) is 5.96 Å². The second-order valence-electron chi connectivity index (χ2n) is 6.17. The number of aliphatic imine (C=N–C) groups is 1. The Labute approximate surface area is 169 Å². The second-order valence-corrected chi connectivity index (χ2v) is 8.10. The molecule has 1 aromatic carbocycles. The molecule has 25 heavy (non-hydrogen) atoms. The third-order valence-corrected chi connectivity index (χ3v) is 4.93. The topological polar surface area (TPSA) is 82.6 Å². The lowest BCUT2D eigenvalue weighted by Crippen LogP contribution is -2.37. The van der Waals surface area contributed by atoms with Crippen molar-refractivity contribution in [3.63, 3.8) is 0 Å². The van der Waals surface area contributed by atoms with Gasteiger partial charge in [-0.3, -0.25) is 4.99 Å². The molecule has 0 unspecified atom stereocenters. The molecule has 0 aliphatic rings. The molecule has 1 aromatic rings. The van der Waals surface area contributed by atoms with E-state index in [1.807, 2.05) is 24.3 Å². The van der Waals surface area contributed by atoms with E-state index >= 15 is 0 Å². The molecule has 0 fully saturated rings. The van der Waals surface area contributed by atoms with E-state index < -0.39 is 10.0 Å². The van der Waals surface area contributed by atoms with Crippen LogP contribution in [0, 0.1) is 5.92 Å². The molecule has 0 amide bonds. The Morgan fingerprint density at radius 1 is 1.20 bits per heavy atom. The second kappa shape index (κ2) is 12.5. The first-order valence-electron chi connectivity index (χ1n) is 8.30. The van der Waals surface area contributed by atoms with Gasteiger partial charge in [-0.25, -0.2) is 13.1 Å². The number of benzene rings is 1. The maximum absolute atomic E-state index is 11.6. The van der Waals surface area contributed by atoms with Gasteiger partial charge in [-0.05, 0) is 36.9 Å². The van der Waals surface area contributed by atoms with Gasteiger partial charge >= 0.3 is 0 Å². The molecule has 144 valence electrons. The van der Waals surface area contributed by atoms with Crippen LogP contribution in [0.1, 0.15) is 37.8 Å². The number of hydrogen-bond donors (Lipinski definition) is 3. The van der Waals surface area contributed by atoms with Crippen molar-refractivity contribution in [2.45, 2.75) is 39.0 Å². The Balaban J connectivity index is 0.00000576. The molecule has 0 aliphatic carbocycles. The summed E-state index contributed by atoms with van der Waals surface area (Å²) in [6.07, 6.45) is 2.29. The van der Waals surface area contributed by atoms with Crippen molar-refractivity contribution in [3.8, 4) is 0 Å². The highest BCUT2D eigenvalue weighted by Crippen LogP contribution is 2.08. The minimum Gasteiger partial charge on any atom is -0.356 e. The van der Waals surface area contributed by atoms with E-state index in [0.29, 0.717) is 12.5 Å². The van der Waals surface area contributed by atoms with Gasteiger partial charge in [0.25, 0.3) is 0 Å². The summed E-state index contributed by atoms with van der Waals surface area (Å²) in [5.41, 5.74) is 1.78. The summed E-state index contributed by atoms with van der Waals surface area (Å²) in [5.74, 6) is 1.45. The summed E-state index contributed by atoms with van der Waals surface area (Å²) in [6.45, 7) is 5.91. The summed E-state index contributed by atoms with van der Waals surface area (Å²) in [6, 6.07) is 7.55. The molecule has 0 aromatic heterocycles. The molecule has 0 radical (unpaired) electrons. The Morgan fingerprint density at radius 2 is 1.88 bits per heavy atom. The largest absolute Gasteiger partial charge is 0.356 e. The summed E-state index contributed by atoms with van der Waals surface area (Å²) in [4.78, 5) is 4.20. The number of nitrogens with one attached hydrogen (secondary N) is 3. The summed E-state index contributed by atoms with van der Waals surface area (Å²) >= 11 is 0. The highest BCUT2D eigenvalue weighted by molar-refractivity contribution is 14.0. The van der Waals surface area contributed by atoms with E-state index in [9.17, 15) is 8.42 Å². The molecule has 1 rings (SSSR count). The Kier molecular flexibility index (Phi) is 12.0. The maximum Gasteiger partial charge on any atom is 0.215 e. The van der Waals surface area contributed by atoms with Gasteiger partial charge in [-0.15, -0.1) is 24.0 Å². The predicted octanol–water partition coefficient (Wildman–Crippen LogP) is 2.46. The van der Waals surface area contributed by atoms with E-state index in [-0.39, 0.29) is 29.7 Å². The lowest BCUT2D eigenvalue weighted by Gasteiger charge is -2.13. The van der Waals surface area contributed by atoms with E-state index in [4.69, 9.17) is 0 Å². The number of halogens is 1. The zero-order chi connectivity index (χ0) is 18.0. The molecule has 0 spiro atoms. The minimum absolute atomic E-state index is 0. The molecule has 0 heterocycles. The van der Waals surface area contributed by atoms with Crippen LogP contribution in [-0.4, -0.2) is 35.0 Å². The fraction of sp³-hybridized carbons (Fsp3) is 0.588. The first-order valence-corrected chi connectivity index (χ1v) is 9.95. The van der Waals surface area contributed by atoms with Crippen LogP contribution in [-0.2, 0) is 22.3 Å². The first-order chi connectivity index (χ1) is 11.4. The predicted molar refractivity (Wildman–Crippen MR) is 116 cm³/mol. The van der Waals surface area contributed by atoms with Crippen LogP contribution in [0.25, 0.3) is 0 Å². The summed E-state index contributed by atoms with van der Waals surface area (Å²) in [7, 11) is -0.0838. The van der Waals surface area contributed by atoms with Crippen molar-refractivity contribution in [3.05, 3.63) is 35.4 Å². The minimum atomic E-state index is -3.25. The van der Waals surface area contributed by atoms with Crippen molar-refractivity contribution in [2.75, 3.05) is 20.6 Å². The monoisotopic (exact) mass is 482 g/mol. The zero-order valence-electron chi connectivity index (χ0n) is 15.5. The van der Waals surface area contributed by atoms with E-state index in [2.05, 4.69) is 34.2 Å². The smallest absolute Gasteiger partial charge is 0.215 e. The lowest BCUT2D eigenvalue weighted by molar-refractivity contribution is 0.549. The van der Waals surface area contributed by atoms with Crippen LogP contribution in [0.4, 0.5) is 0 Å². The molecule has 6 nitrogen and oxygen atoms in total. The quantitative estimate of drug-likeness (QED) is 0.219. The number of sulfonamides is 1. The van der Waals surface area contributed by atoms with Gasteiger partial charge in [0.2, 0.25) is 10.0 Å². The lowest BCUT2D eigenvalue weighted by atomic mass is 10.1. The van der Waals surface area contributed by atoms with Gasteiger partial charge < -0.3 is 10.6 Å². The summed E-state index contributed by atoms with van der Waals surface area (Å²) < 4.78 is 25.6. The fourth-order valence-electron chi connectivity index (χ4n) is 2.24. The van der Waals surface area contributed by atoms with Gasteiger partial charge in [-0.1, -0.05) is 38.1 Å². The van der Waals surface area contributed by atoms with E-state index in [1.165, 1.54) is 13.5 Å². The molecule has 0 atom stereocenters. The van der Waals surface area contributed by atoms with Crippen molar-refractivity contribution in [2.24, 2.45) is 10.9 Å². The molecule has 0 saturated heterocycles. The van der Waals surface area contributed by atoms with E-state index in [0.717, 1.165) is 30.1 Å². The van der Waals surface area contributed by atoms with E-state index in [1.54, 1.807) is 7.05 Å². The molecule has 8 heteroatoms.